The summed E-state index contributed by atoms with van der Waals surface area (Å²) in [6.45, 7) is 0. The number of benzene rings is 10. The normalized spacial score (nSPS) is 11.4. The summed E-state index contributed by atoms with van der Waals surface area (Å²) in [5.74, 6) is 1.36. The van der Waals surface area contributed by atoms with Gasteiger partial charge >= 0.3 is 0 Å². The van der Waals surface area contributed by atoms with E-state index in [2.05, 4.69) is 218 Å². The highest BCUT2D eigenvalue weighted by Gasteiger charge is 2.16. The van der Waals surface area contributed by atoms with Crippen LogP contribution >= 0.6 is 0 Å². The fraction of sp³-hybridized carbons (Fsp3) is 0. The van der Waals surface area contributed by atoms with Crippen molar-refractivity contribution in [1.29, 1.82) is 0 Å². The summed E-state index contributed by atoms with van der Waals surface area (Å²) < 4.78 is 0. The van der Waals surface area contributed by atoms with E-state index >= 15 is 0 Å². The molecule has 298 valence electrons. The summed E-state index contributed by atoms with van der Waals surface area (Å²) in [5, 5.41) is 6.75. The predicted octanol–water partition coefficient (Wildman–Crippen LogP) is 15.5. The number of rotatable bonds is 7. The number of nitrogens with zero attached hydrogens (tertiary/aromatic N) is 4. The maximum atomic E-state index is 5.29. The molecule has 64 heavy (non-hydrogen) atoms. The molecule has 0 radical (unpaired) electrons. The summed E-state index contributed by atoms with van der Waals surface area (Å²) in [5.41, 5.74) is 14.6. The number of hydrogen-bond acceptors (Lipinski definition) is 4. The molecule has 0 atom stereocenters. The SMILES string of the molecule is c1ccc(-c2ccc3cc(-c4nc(-c5cccc(-c6cccc(-c7nc(-c8ccc9cc(-c%10ccccc%10)ccc9c8)c8ccccc8n7)c6)c5)nc5ccccc45)ccc3c2)cc1. The van der Waals surface area contributed by atoms with Crippen LogP contribution in [0.4, 0.5) is 0 Å². The lowest BCUT2D eigenvalue weighted by molar-refractivity contribution is 1.23. The number of hydrogen-bond donors (Lipinski definition) is 0. The molecule has 0 bridgehead atoms. The first-order valence-corrected chi connectivity index (χ1v) is 21.6. The summed E-state index contributed by atoms with van der Waals surface area (Å²) in [7, 11) is 0. The van der Waals surface area contributed by atoms with Crippen molar-refractivity contribution in [3.63, 3.8) is 0 Å². The van der Waals surface area contributed by atoms with Crippen LogP contribution in [0.3, 0.4) is 0 Å². The molecule has 4 nitrogen and oxygen atoms in total. The third-order valence-electron chi connectivity index (χ3n) is 12.2. The lowest BCUT2D eigenvalue weighted by Gasteiger charge is -2.12. The first-order valence-electron chi connectivity index (χ1n) is 21.6. The van der Waals surface area contributed by atoms with E-state index in [-0.39, 0.29) is 0 Å². The van der Waals surface area contributed by atoms with Gasteiger partial charge in [-0.25, -0.2) is 19.9 Å². The molecule has 0 unspecified atom stereocenters. The molecule has 0 spiro atoms. The van der Waals surface area contributed by atoms with Gasteiger partial charge in [-0.2, -0.15) is 0 Å². The Bertz CT molecular complexity index is 3480. The van der Waals surface area contributed by atoms with Gasteiger partial charge in [0.2, 0.25) is 0 Å². The molecule has 0 fully saturated rings. The van der Waals surface area contributed by atoms with E-state index in [1.807, 2.05) is 12.1 Å². The van der Waals surface area contributed by atoms with E-state index in [1.165, 1.54) is 43.8 Å². The zero-order valence-electron chi connectivity index (χ0n) is 34.7. The molecule has 10 aromatic carbocycles. The van der Waals surface area contributed by atoms with Gasteiger partial charge in [0.25, 0.3) is 0 Å². The van der Waals surface area contributed by atoms with Crippen LogP contribution in [0, 0.1) is 0 Å². The molecule has 0 aliphatic carbocycles. The second kappa shape index (κ2) is 15.7. The number of para-hydroxylation sites is 2. The van der Waals surface area contributed by atoms with Crippen LogP contribution < -0.4 is 0 Å². The van der Waals surface area contributed by atoms with Gasteiger partial charge in [-0.3, -0.25) is 0 Å². The van der Waals surface area contributed by atoms with Crippen LogP contribution in [0.2, 0.25) is 0 Å². The summed E-state index contributed by atoms with van der Waals surface area (Å²) in [4.78, 5) is 20.8. The highest BCUT2D eigenvalue weighted by Crippen LogP contribution is 2.36. The second-order valence-electron chi connectivity index (χ2n) is 16.3. The minimum Gasteiger partial charge on any atom is -0.228 e. The van der Waals surface area contributed by atoms with Gasteiger partial charge in [0.05, 0.1) is 22.4 Å². The van der Waals surface area contributed by atoms with Gasteiger partial charge in [0.15, 0.2) is 11.6 Å². The van der Waals surface area contributed by atoms with E-state index in [1.54, 1.807) is 0 Å². The Morgan fingerprint density at radius 1 is 0.203 bits per heavy atom. The molecule has 12 aromatic rings. The van der Waals surface area contributed by atoms with Crippen LogP contribution in [-0.2, 0) is 0 Å². The summed E-state index contributed by atoms with van der Waals surface area (Å²) in [6.07, 6.45) is 0. The van der Waals surface area contributed by atoms with Crippen molar-refractivity contribution in [2.24, 2.45) is 0 Å². The molecule has 0 aliphatic rings. The Labute approximate surface area is 370 Å². The molecule has 2 heterocycles. The lowest BCUT2D eigenvalue weighted by Crippen LogP contribution is -1.96. The molecule has 0 saturated carbocycles. The van der Waals surface area contributed by atoms with Crippen LogP contribution in [0.25, 0.3) is 122 Å². The molecule has 2 aromatic heterocycles. The van der Waals surface area contributed by atoms with E-state index in [4.69, 9.17) is 19.9 Å². The molecule has 4 heteroatoms. The van der Waals surface area contributed by atoms with Crippen LogP contribution in [-0.4, -0.2) is 19.9 Å². The average Bonchev–Trinajstić information content (AvgIpc) is 3.38. The molecule has 0 N–H and O–H groups in total. The largest absolute Gasteiger partial charge is 0.228 e. The quantitative estimate of drug-likeness (QED) is 0.161. The third-order valence-corrected chi connectivity index (χ3v) is 12.2. The molecule has 12 rings (SSSR count). The Morgan fingerprint density at radius 2 is 0.531 bits per heavy atom. The molecule has 0 aliphatic heterocycles. The highest BCUT2D eigenvalue weighted by molar-refractivity contribution is 5.99. The molecule has 0 amide bonds. The van der Waals surface area contributed by atoms with Crippen molar-refractivity contribution >= 4 is 43.4 Å². The van der Waals surface area contributed by atoms with Crippen molar-refractivity contribution in [2.45, 2.75) is 0 Å². The van der Waals surface area contributed by atoms with E-state index in [9.17, 15) is 0 Å². The van der Waals surface area contributed by atoms with Crippen molar-refractivity contribution in [3.8, 4) is 78.7 Å². The maximum absolute atomic E-state index is 5.29. The van der Waals surface area contributed by atoms with E-state index in [0.717, 1.165) is 66.6 Å². The van der Waals surface area contributed by atoms with Gasteiger partial charge in [0.1, 0.15) is 0 Å². The van der Waals surface area contributed by atoms with Gasteiger partial charge in [0, 0.05) is 33.0 Å². The Balaban J connectivity index is 0.896. The van der Waals surface area contributed by atoms with Gasteiger partial charge in [-0.15, -0.1) is 0 Å². The first-order chi connectivity index (χ1) is 31.7. The van der Waals surface area contributed by atoms with E-state index < -0.39 is 0 Å². The fourth-order valence-electron chi connectivity index (χ4n) is 8.93. The zero-order valence-corrected chi connectivity index (χ0v) is 34.7. The van der Waals surface area contributed by atoms with E-state index in [0.29, 0.717) is 11.6 Å². The van der Waals surface area contributed by atoms with Crippen molar-refractivity contribution in [2.75, 3.05) is 0 Å². The number of fused-ring (bicyclic) bond motifs is 4. The first kappa shape index (κ1) is 37.2. The van der Waals surface area contributed by atoms with Crippen LogP contribution in [0.15, 0.2) is 231 Å². The molecular formula is C60H38N4. The Kier molecular flexibility index (Phi) is 9.12. The predicted molar refractivity (Wildman–Crippen MR) is 266 cm³/mol. The second-order valence-corrected chi connectivity index (χ2v) is 16.3. The molecule has 0 saturated heterocycles. The number of aromatic nitrogens is 4. The monoisotopic (exact) mass is 814 g/mol. The summed E-state index contributed by atoms with van der Waals surface area (Å²) >= 11 is 0. The highest BCUT2D eigenvalue weighted by atomic mass is 14.9. The zero-order chi connectivity index (χ0) is 42.4. The van der Waals surface area contributed by atoms with Gasteiger partial charge < -0.3 is 0 Å². The summed E-state index contributed by atoms with van der Waals surface area (Å²) in [6, 6.07) is 81.2. The van der Waals surface area contributed by atoms with Gasteiger partial charge in [-0.1, -0.05) is 182 Å². The third kappa shape index (κ3) is 6.94. The van der Waals surface area contributed by atoms with Crippen LogP contribution in [0.5, 0.6) is 0 Å². The van der Waals surface area contributed by atoms with Gasteiger partial charge in [-0.05, 0) is 103 Å². The fourth-order valence-corrected chi connectivity index (χ4v) is 8.93. The van der Waals surface area contributed by atoms with Crippen molar-refractivity contribution in [3.05, 3.63) is 231 Å². The van der Waals surface area contributed by atoms with Crippen molar-refractivity contribution in [1.82, 2.24) is 19.9 Å². The maximum Gasteiger partial charge on any atom is 0.160 e. The Morgan fingerprint density at radius 3 is 0.969 bits per heavy atom. The lowest BCUT2D eigenvalue weighted by atomic mass is 9.97. The minimum absolute atomic E-state index is 0.681. The van der Waals surface area contributed by atoms with Crippen molar-refractivity contribution < 1.29 is 0 Å². The standard InChI is InChI=1S/C60H38N4/c1-3-13-39(14-4-1)43-25-27-47-35-49(31-29-45(47)33-43)57-53-21-7-9-23-55(53)61-59(63-57)51-19-11-17-41(37-51)42-18-12-20-52(38-42)60-62-56-24-10-8-22-54(56)58(64-60)50-32-30-46-34-44(26-28-48(46)36-50)40-15-5-2-6-16-40/h1-38H. The smallest absolute Gasteiger partial charge is 0.160 e. The van der Waals surface area contributed by atoms with Crippen LogP contribution in [0.1, 0.15) is 0 Å². The Hall–Kier alpha value is -8.60. The average molecular weight is 815 g/mol. The topological polar surface area (TPSA) is 51.6 Å². The molecular weight excluding hydrogens is 777 g/mol. The minimum atomic E-state index is 0.681.